The molecular formula is C16H22N4. The van der Waals surface area contributed by atoms with Crippen molar-refractivity contribution in [1.82, 2.24) is 9.97 Å². The van der Waals surface area contributed by atoms with Crippen LogP contribution >= 0.6 is 0 Å². The van der Waals surface area contributed by atoms with Gasteiger partial charge in [0.1, 0.15) is 17.5 Å². The summed E-state index contributed by atoms with van der Waals surface area (Å²) in [7, 11) is 0. The van der Waals surface area contributed by atoms with Crippen LogP contribution in [0.1, 0.15) is 30.3 Å². The first-order chi connectivity index (χ1) is 9.70. The van der Waals surface area contributed by atoms with Gasteiger partial charge in [0.2, 0.25) is 0 Å². The molecule has 0 spiro atoms. The van der Waals surface area contributed by atoms with Crippen molar-refractivity contribution in [1.29, 1.82) is 0 Å². The molecule has 106 valence electrons. The Hall–Kier alpha value is -2.10. The maximum Gasteiger partial charge on any atom is 0.134 e. The first kappa shape index (κ1) is 14.3. The topological polar surface area (TPSA) is 63.8 Å². The molecule has 0 aliphatic carbocycles. The summed E-state index contributed by atoms with van der Waals surface area (Å²) >= 11 is 0. The van der Waals surface area contributed by atoms with Crippen LogP contribution in [0.2, 0.25) is 0 Å². The molecule has 0 aliphatic heterocycles. The van der Waals surface area contributed by atoms with Crippen molar-refractivity contribution in [2.75, 3.05) is 17.6 Å². The fraction of sp³-hybridized carbons (Fsp3) is 0.375. The Morgan fingerprint density at radius 2 is 1.85 bits per heavy atom. The molecule has 3 N–H and O–H groups in total. The van der Waals surface area contributed by atoms with Crippen LogP contribution in [0.5, 0.6) is 0 Å². The summed E-state index contributed by atoms with van der Waals surface area (Å²) in [5.41, 5.74) is 8.19. The summed E-state index contributed by atoms with van der Waals surface area (Å²) in [6.45, 7) is 4.91. The Morgan fingerprint density at radius 1 is 1.10 bits per heavy atom. The molecule has 1 heterocycles. The van der Waals surface area contributed by atoms with E-state index in [0.29, 0.717) is 5.82 Å². The molecule has 20 heavy (non-hydrogen) atoms. The van der Waals surface area contributed by atoms with Gasteiger partial charge < -0.3 is 11.1 Å². The second-order valence-corrected chi connectivity index (χ2v) is 4.91. The number of nitrogens with one attached hydrogen (secondary N) is 1. The fourth-order valence-electron chi connectivity index (χ4n) is 2.06. The minimum absolute atomic E-state index is 0.575. The highest BCUT2D eigenvalue weighted by Gasteiger charge is 2.07. The molecule has 4 nitrogen and oxygen atoms in total. The van der Waals surface area contributed by atoms with E-state index in [2.05, 4.69) is 46.5 Å². The van der Waals surface area contributed by atoms with E-state index in [1.165, 1.54) is 5.56 Å². The number of rotatable bonds is 6. The lowest BCUT2D eigenvalue weighted by Crippen LogP contribution is -2.12. The minimum Gasteiger partial charge on any atom is -0.383 e. The molecular weight excluding hydrogens is 248 g/mol. The third kappa shape index (κ3) is 3.70. The molecule has 0 bridgehead atoms. The van der Waals surface area contributed by atoms with Crippen LogP contribution < -0.4 is 11.1 Å². The highest BCUT2D eigenvalue weighted by atomic mass is 15.1. The van der Waals surface area contributed by atoms with Crippen molar-refractivity contribution in [2.45, 2.75) is 33.1 Å². The smallest absolute Gasteiger partial charge is 0.134 e. The number of anilines is 2. The van der Waals surface area contributed by atoms with E-state index < -0.39 is 0 Å². The normalized spacial score (nSPS) is 10.5. The van der Waals surface area contributed by atoms with Crippen molar-refractivity contribution in [3.8, 4) is 0 Å². The third-order valence-corrected chi connectivity index (χ3v) is 3.25. The molecule has 1 aromatic carbocycles. The van der Waals surface area contributed by atoms with Gasteiger partial charge in [0, 0.05) is 18.5 Å². The molecule has 0 aliphatic rings. The molecule has 0 fully saturated rings. The zero-order valence-electron chi connectivity index (χ0n) is 12.2. The zero-order valence-corrected chi connectivity index (χ0v) is 12.2. The van der Waals surface area contributed by atoms with E-state index in [9.17, 15) is 0 Å². The monoisotopic (exact) mass is 270 g/mol. The quantitative estimate of drug-likeness (QED) is 0.847. The van der Waals surface area contributed by atoms with Crippen LogP contribution in [0.4, 0.5) is 11.6 Å². The first-order valence-electron chi connectivity index (χ1n) is 7.11. The third-order valence-electron chi connectivity index (χ3n) is 3.25. The largest absolute Gasteiger partial charge is 0.383 e. The number of nitrogens with zero attached hydrogens (tertiary/aromatic N) is 2. The molecule has 2 rings (SSSR count). The van der Waals surface area contributed by atoms with E-state index in [1.54, 1.807) is 0 Å². The Bertz CT molecular complexity index is 552. The predicted molar refractivity (Wildman–Crippen MR) is 83.8 cm³/mol. The summed E-state index contributed by atoms with van der Waals surface area (Å²) < 4.78 is 0. The SMILES string of the molecule is CCCc1nc(N)c(C)c(NCCc2ccccc2)n1. The number of hydrogen-bond acceptors (Lipinski definition) is 4. The second-order valence-electron chi connectivity index (χ2n) is 4.91. The Kier molecular flexibility index (Phi) is 4.93. The average Bonchev–Trinajstić information content (AvgIpc) is 2.45. The van der Waals surface area contributed by atoms with Gasteiger partial charge in [-0.15, -0.1) is 0 Å². The summed E-state index contributed by atoms with van der Waals surface area (Å²) in [6, 6.07) is 10.4. The van der Waals surface area contributed by atoms with E-state index in [-0.39, 0.29) is 0 Å². The van der Waals surface area contributed by atoms with Gasteiger partial charge in [-0.25, -0.2) is 9.97 Å². The molecule has 0 radical (unpaired) electrons. The lowest BCUT2D eigenvalue weighted by molar-refractivity contribution is 0.832. The standard InChI is InChI=1S/C16H22N4/c1-3-7-14-19-15(17)12(2)16(20-14)18-11-10-13-8-5-4-6-9-13/h4-6,8-9H,3,7,10-11H2,1-2H3,(H3,17,18,19,20). The number of nitrogens with two attached hydrogens (primary N) is 1. The van der Waals surface area contributed by atoms with Gasteiger partial charge in [0.15, 0.2) is 0 Å². The van der Waals surface area contributed by atoms with Gasteiger partial charge in [-0.3, -0.25) is 0 Å². The summed E-state index contributed by atoms with van der Waals surface area (Å²) in [5.74, 6) is 2.25. The first-order valence-corrected chi connectivity index (χ1v) is 7.11. The number of nitrogen functional groups attached to an aromatic ring is 1. The molecule has 4 heteroatoms. The fourth-order valence-corrected chi connectivity index (χ4v) is 2.06. The lowest BCUT2D eigenvalue weighted by atomic mass is 10.1. The summed E-state index contributed by atoms with van der Waals surface area (Å²) in [4.78, 5) is 8.87. The molecule has 0 amide bonds. The molecule has 0 saturated heterocycles. The summed E-state index contributed by atoms with van der Waals surface area (Å²) in [6.07, 6.45) is 2.84. The predicted octanol–water partition coefficient (Wildman–Crippen LogP) is 2.97. The molecule has 0 atom stereocenters. The van der Waals surface area contributed by atoms with Gasteiger partial charge >= 0.3 is 0 Å². The maximum atomic E-state index is 5.94. The number of benzene rings is 1. The molecule has 0 unspecified atom stereocenters. The van der Waals surface area contributed by atoms with Gasteiger partial charge in [-0.05, 0) is 25.3 Å². The average molecular weight is 270 g/mol. The van der Waals surface area contributed by atoms with Crippen LogP contribution in [0.25, 0.3) is 0 Å². The summed E-state index contributed by atoms with van der Waals surface area (Å²) in [5, 5.41) is 3.37. The zero-order chi connectivity index (χ0) is 14.4. The van der Waals surface area contributed by atoms with Crippen LogP contribution in [-0.2, 0) is 12.8 Å². The number of aryl methyl sites for hydroxylation is 1. The van der Waals surface area contributed by atoms with Crippen molar-refractivity contribution < 1.29 is 0 Å². The van der Waals surface area contributed by atoms with Gasteiger partial charge in [-0.2, -0.15) is 0 Å². The van der Waals surface area contributed by atoms with E-state index in [1.807, 2.05) is 13.0 Å². The van der Waals surface area contributed by atoms with Crippen LogP contribution in [-0.4, -0.2) is 16.5 Å². The van der Waals surface area contributed by atoms with Crippen LogP contribution in [0, 0.1) is 6.92 Å². The van der Waals surface area contributed by atoms with Crippen molar-refractivity contribution >= 4 is 11.6 Å². The van der Waals surface area contributed by atoms with Gasteiger partial charge in [0.05, 0.1) is 0 Å². The minimum atomic E-state index is 0.575. The van der Waals surface area contributed by atoms with Crippen molar-refractivity contribution in [3.63, 3.8) is 0 Å². The highest BCUT2D eigenvalue weighted by molar-refractivity contribution is 5.54. The number of aromatic nitrogens is 2. The van der Waals surface area contributed by atoms with Crippen LogP contribution in [0.3, 0.4) is 0 Å². The van der Waals surface area contributed by atoms with E-state index >= 15 is 0 Å². The molecule has 2 aromatic rings. The Balaban J connectivity index is 2.01. The molecule has 1 aromatic heterocycles. The molecule has 0 saturated carbocycles. The van der Waals surface area contributed by atoms with Crippen molar-refractivity contribution in [2.24, 2.45) is 0 Å². The number of hydrogen-bond donors (Lipinski definition) is 2. The Morgan fingerprint density at radius 3 is 2.55 bits per heavy atom. The van der Waals surface area contributed by atoms with Crippen LogP contribution in [0.15, 0.2) is 30.3 Å². The highest BCUT2D eigenvalue weighted by Crippen LogP contribution is 2.17. The van der Waals surface area contributed by atoms with E-state index in [4.69, 9.17) is 5.73 Å². The van der Waals surface area contributed by atoms with Crippen molar-refractivity contribution in [3.05, 3.63) is 47.3 Å². The van der Waals surface area contributed by atoms with Gasteiger partial charge in [0.25, 0.3) is 0 Å². The van der Waals surface area contributed by atoms with Gasteiger partial charge in [-0.1, -0.05) is 37.3 Å². The van der Waals surface area contributed by atoms with E-state index in [0.717, 1.165) is 43.0 Å². The maximum absolute atomic E-state index is 5.94. The lowest BCUT2D eigenvalue weighted by Gasteiger charge is -2.11. The Labute approximate surface area is 120 Å². The second kappa shape index (κ2) is 6.89.